The van der Waals surface area contributed by atoms with Gasteiger partial charge in [0, 0.05) is 36.1 Å². The van der Waals surface area contributed by atoms with E-state index in [9.17, 15) is 12.8 Å². The minimum Gasteiger partial charge on any atom is -0.338 e. The van der Waals surface area contributed by atoms with E-state index in [2.05, 4.69) is 36.1 Å². The quantitative estimate of drug-likeness (QED) is 0.215. The van der Waals surface area contributed by atoms with E-state index in [0.29, 0.717) is 33.7 Å². The lowest BCUT2D eigenvalue weighted by molar-refractivity contribution is 0.220. The minimum absolute atomic E-state index is 0.111. The molecule has 0 unspecified atom stereocenters. The third-order valence-corrected chi connectivity index (χ3v) is 8.86. The third kappa shape index (κ3) is 5.96. The highest BCUT2D eigenvalue weighted by Gasteiger charge is 2.18. The molecular formula is C32H31FN8O2S. The van der Waals surface area contributed by atoms with Crippen molar-refractivity contribution in [2.75, 3.05) is 18.8 Å². The Bertz CT molecular complexity index is 2100. The smallest absolute Gasteiger partial charge is 0.209 e. The second-order valence-corrected chi connectivity index (χ2v) is 13.1. The number of hydrogen-bond acceptors (Lipinski definition) is 7. The van der Waals surface area contributed by atoms with Gasteiger partial charge in [0.15, 0.2) is 0 Å². The van der Waals surface area contributed by atoms with E-state index in [1.54, 1.807) is 18.3 Å². The molecule has 4 N–H and O–H groups in total. The number of aromatic amines is 2. The van der Waals surface area contributed by atoms with Crippen molar-refractivity contribution in [1.82, 2.24) is 35.0 Å². The molecule has 1 fully saturated rings. The van der Waals surface area contributed by atoms with E-state index in [4.69, 9.17) is 10.1 Å². The Morgan fingerprint density at radius 1 is 0.955 bits per heavy atom. The molecule has 6 aromatic rings. The molecular weight excluding hydrogens is 579 g/mol. The van der Waals surface area contributed by atoms with Crippen LogP contribution in [0.15, 0.2) is 67.1 Å². The van der Waals surface area contributed by atoms with Crippen molar-refractivity contribution in [2.45, 2.75) is 32.2 Å². The van der Waals surface area contributed by atoms with Gasteiger partial charge in [-0.15, -0.1) is 0 Å². The van der Waals surface area contributed by atoms with Crippen molar-refractivity contribution in [3.05, 3.63) is 84.1 Å². The van der Waals surface area contributed by atoms with Crippen LogP contribution in [-0.4, -0.2) is 62.3 Å². The van der Waals surface area contributed by atoms with Crippen LogP contribution in [0.4, 0.5) is 4.39 Å². The molecule has 44 heavy (non-hydrogen) atoms. The predicted octanol–water partition coefficient (Wildman–Crippen LogP) is 5.19. The van der Waals surface area contributed by atoms with Crippen LogP contribution in [0.25, 0.3) is 55.8 Å². The van der Waals surface area contributed by atoms with Crippen LogP contribution >= 0.6 is 0 Å². The van der Waals surface area contributed by atoms with Gasteiger partial charge in [0.2, 0.25) is 10.0 Å². The Morgan fingerprint density at radius 3 is 2.64 bits per heavy atom. The van der Waals surface area contributed by atoms with Gasteiger partial charge in [0.1, 0.15) is 22.7 Å². The number of halogens is 1. The maximum Gasteiger partial charge on any atom is 0.209 e. The Balaban J connectivity index is 1.23. The van der Waals surface area contributed by atoms with Gasteiger partial charge in [-0.2, -0.15) is 5.10 Å². The fraction of sp³-hybridized carbons (Fsp3) is 0.250. The maximum atomic E-state index is 14.6. The van der Waals surface area contributed by atoms with E-state index in [1.807, 2.05) is 30.6 Å². The van der Waals surface area contributed by atoms with Gasteiger partial charge in [-0.25, -0.2) is 27.9 Å². The van der Waals surface area contributed by atoms with E-state index >= 15 is 0 Å². The van der Waals surface area contributed by atoms with Crippen LogP contribution in [0.3, 0.4) is 0 Å². The van der Waals surface area contributed by atoms with E-state index in [-0.39, 0.29) is 12.2 Å². The Morgan fingerprint density at radius 2 is 1.80 bits per heavy atom. The zero-order valence-corrected chi connectivity index (χ0v) is 24.7. The summed E-state index contributed by atoms with van der Waals surface area (Å²) < 4.78 is 37.6. The number of pyridine rings is 3. The van der Waals surface area contributed by atoms with Crippen LogP contribution in [0.5, 0.6) is 0 Å². The second-order valence-electron chi connectivity index (χ2n) is 11.4. The summed E-state index contributed by atoms with van der Waals surface area (Å²) in [4.78, 5) is 19.8. The molecule has 0 radical (unpaired) electrons. The average Bonchev–Trinajstić information content (AvgIpc) is 3.64. The first-order valence-electron chi connectivity index (χ1n) is 14.6. The Kier molecular flexibility index (Phi) is 7.40. The summed E-state index contributed by atoms with van der Waals surface area (Å²) in [6, 6.07) is 14.4. The number of likely N-dealkylation sites (tertiary alicyclic amines) is 1. The molecule has 7 rings (SSSR count). The molecule has 1 saturated heterocycles. The number of hydrogen-bond donors (Lipinski definition) is 3. The normalized spacial score (nSPS) is 14.5. The van der Waals surface area contributed by atoms with Gasteiger partial charge in [-0.3, -0.25) is 15.0 Å². The number of nitrogens with zero attached hydrogens (tertiary/aromatic N) is 5. The number of fused-ring (bicyclic) bond motifs is 2. The van der Waals surface area contributed by atoms with Crippen molar-refractivity contribution in [3.8, 4) is 33.8 Å². The molecule has 5 aromatic heterocycles. The number of nitrogens with one attached hydrogen (secondary N) is 2. The molecule has 0 saturated carbocycles. The number of nitrogens with two attached hydrogens (primary N) is 1. The molecule has 0 aliphatic carbocycles. The van der Waals surface area contributed by atoms with Gasteiger partial charge in [0.25, 0.3) is 0 Å². The second kappa shape index (κ2) is 11.5. The highest BCUT2D eigenvalue weighted by atomic mass is 32.2. The molecule has 10 nitrogen and oxygen atoms in total. The molecule has 1 aromatic carbocycles. The lowest BCUT2D eigenvalue weighted by Crippen LogP contribution is -2.29. The summed E-state index contributed by atoms with van der Waals surface area (Å²) in [5.41, 5.74) is 8.25. The number of sulfonamides is 1. The summed E-state index contributed by atoms with van der Waals surface area (Å²) >= 11 is 0. The third-order valence-electron chi connectivity index (χ3n) is 8.08. The SMILES string of the molecule is NS(=O)(=O)CCc1cc(F)cc(-c2ccnc3[nH]c(-c4n[nH]c5ccc(-c6cncc(CN7CCCCC7)c6)nc45)cc23)c1. The molecule has 12 heteroatoms. The van der Waals surface area contributed by atoms with Crippen LogP contribution < -0.4 is 5.14 Å². The van der Waals surface area contributed by atoms with Crippen molar-refractivity contribution in [2.24, 2.45) is 5.14 Å². The lowest BCUT2D eigenvalue weighted by atomic mass is 10.00. The molecule has 0 amide bonds. The molecule has 0 bridgehead atoms. The standard InChI is InChI=1S/C32H31FN8O2S/c33-24-14-20(7-11-44(34,42)43)12-22(15-24)25-6-8-36-32-26(25)16-29(38-32)31-30-28(39-40-31)5-4-27(37-30)23-13-21(17-35-18-23)19-41-9-2-1-3-10-41/h4-6,8,12-18H,1-3,7,9-11,19H2,(H,36,38)(H,39,40)(H2,34,42,43). The summed E-state index contributed by atoms with van der Waals surface area (Å²) in [7, 11) is -3.68. The molecule has 0 atom stereocenters. The van der Waals surface area contributed by atoms with Gasteiger partial charge in [-0.1, -0.05) is 12.5 Å². The first-order chi connectivity index (χ1) is 21.3. The van der Waals surface area contributed by atoms with Gasteiger partial charge in [-0.05, 0) is 97.1 Å². The molecule has 224 valence electrons. The van der Waals surface area contributed by atoms with Gasteiger partial charge in [0.05, 0.1) is 22.7 Å². The summed E-state index contributed by atoms with van der Waals surface area (Å²) in [6.07, 6.45) is 9.30. The predicted molar refractivity (Wildman–Crippen MR) is 168 cm³/mol. The van der Waals surface area contributed by atoms with Gasteiger partial charge >= 0.3 is 0 Å². The summed E-state index contributed by atoms with van der Waals surface area (Å²) in [6.45, 7) is 3.11. The molecule has 1 aliphatic heterocycles. The number of benzene rings is 1. The van der Waals surface area contributed by atoms with Crippen molar-refractivity contribution >= 4 is 32.1 Å². The van der Waals surface area contributed by atoms with Gasteiger partial charge < -0.3 is 4.98 Å². The number of rotatable bonds is 8. The Hall–Kier alpha value is -4.52. The molecule has 0 spiro atoms. The van der Waals surface area contributed by atoms with Crippen molar-refractivity contribution < 1.29 is 12.8 Å². The fourth-order valence-corrected chi connectivity index (χ4v) is 6.47. The first-order valence-corrected chi connectivity index (χ1v) is 16.3. The largest absolute Gasteiger partial charge is 0.338 e. The minimum atomic E-state index is -3.68. The highest BCUT2D eigenvalue weighted by Crippen LogP contribution is 2.34. The number of H-pyrrole nitrogens is 2. The first kappa shape index (κ1) is 28.3. The maximum absolute atomic E-state index is 14.6. The van der Waals surface area contributed by atoms with E-state index in [0.717, 1.165) is 52.9 Å². The topological polar surface area (TPSA) is 147 Å². The van der Waals surface area contributed by atoms with Crippen LogP contribution in [-0.2, 0) is 23.0 Å². The Labute approximate surface area is 253 Å². The number of aryl methyl sites for hydroxylation is 1. The van der Waals surface area contributed by atoms with E-state index in [1.165, 1.54) is 31.4 Å². The summed E-state index contributed by atoms with van der Waals surface area (Å²) in [5, 5.41) is 13.6. The average molecular weight is 611 g/mol. The molecule has 6 heterocycles. The number of aromatic nitrogens is 6. The summed E-state index contributed by atoms with van der Waals surface area (Å²) in [5.74, 6) is -0.729. The van der Waals surface area contributed by atoms with E-state index < -0.39 is 15.8 Å². The zero-order valence-electron chi connectivity index (χ0n) is 23.9. The van der Waals surface area contributed by atoms with Crippen LogP contribution in [0.2, 0.25) is 0 Å². The highest BCUT2D eigenvalue weighted by molar-refractivity contribution is 7.89. The van der Waals surface area contributed by atoms with Crippen molar-refractivity contribution in [3.63, 3.8) is 0 Å². The number of primary sulfonamides is 1. The monoisotopic (exact) mass is 610 g/mol. The fourth-order valence-electron chi connectivity index (χ4n) is 5.95. The van der Waals surface area contributed by atoms with Crippen molar-refractivity contribution in [1.29, 1.82) is 0 Å². The zero-order chi connectivity index (χ0) is 30.3. The number of piperidine rings is 1. The van der Waals surface area contributed by atoms with Crippen LogP contribution in [0, 0.1) is 5.82 Å². The van der Waals surface area contributed by atoms with Crippen LogP contribution in [0.1, 0.15) is 30.4 Å². The molecule has 1 aliphatic rings. The lowest BCUT2D eigenvalue weighted by Gasteiger charge is -2.26.